The number of likely N-dealkylation sites (tertiary alicyclic amines) is 1. The molecule has 0 bridgehead atoms. The Balaban J connectivity index is 0.00000288. The van der Waals surface area contributed by atoms with E-state index in [4.69, 9.17) is 9.57 Å². The van der Waals surface area contributed by atoms with Crippen molar-refractivity contribution >= 4 is 24.6 Å². The maximum Gasteiger partial charge on any atom is 0.310 e. The van der Waals surface area contributed by atoms with E-state index in [0.717, 1.165) is 38.0 Å². The number of carbonyl (C=O) groups is 1. The first-order valence-electron chi connectivity index (χ1n) is 8.30. The van der Waals surface area contributed by atoms with E-state index in [2.05, 4.69) is 10.1 Å². The van der Waals surface area contributed by atoms with Gasteiger partial charge in [0.25, 0.3) is 0 Å². The van der Waals surface area contributed by atoms with Crippen LogP contribution in [0.25, 0.3) is 0 Å². The number of nitrogens with zero attached hydrogens (tertiary/aromatic N) is 2. The van der Waals surface area contributed by atoms with Crippen LogP contribution in [0.2, 0.25) is 0 Å². The van der Waals surface area contributed by atoms with Crippen molar-refractivity contribution in [2.45, 2.75) is 26.7 Å². The second-order valence-electron chi connectivity index (χ2n) is 5.82. The molecule has 0 aliphatic carbocycles. The van der Waals surface area contributed by atoms with Crippen molar-refractivity contribution in [2.75, 3.05) is 32.8 Å². The van der Waals surface area contributed by atoms with Crippen molar-refractivity contribution in [1.82, 2.24) is 4.90 Å². The number of oxime groups is 1. The molecule has 24 heavy (non-hydrogen) atoms. The maximum atomic E-state index is 11.8. The molecule has 0 aromatic heterocycles. The lowest BCUT2D eigenvalue weighted by Crippen LogP contribution is -2.40. The van der Waals surface area contributed by atoms with Crippen LogP contribution < -0.4 is 0 Å². The van der Waals surface area contributed by atoms with Crippen LogP contribution in [0.1, 0.15) is 30.9 Å². The molecule has 1 aromatic rings. The average Bonchev–Trinajstić information content (AvgIpc) is 2.57. The van der Waals surface area contributed by atoms with Crippen molar-refractivity contribution < 1.29 is 14.4 Å². The number of aryl methyl sites for hydroxylation is 1. The van der Waals surface area contributed by atoms with Gasteiger partial charge in [0.15, 0.2) is 0 Å². The van der Waals surface area contributed by atoms with Gasteiger partial charge in [-0.1, -0.05) is 29.4 Å². The first kappa shape index (κ1) is 20.5. The number of esters is 1. The van der Waals surface area contributed by atoms with Gasteiger partial charge in [0.1, 0.15) is 6.61 Å². The van der Waals surface area contributed by atoms with E-state index in [1.54, 1.807) is 6.21 Å². The molecule has 1 unspecified atom stereocenters. The number of ether oxygens (including phenoxy) is 1. The zero-order valence-electron chi connectivity index (χ0n) is 14.4. The van der Waals surface area contributed by atoms with E-state index >= 15 is 0 Å². The van der Waals surface area contributed by atoms with Gasteiger partial charge in [-0.3, -0.25) is 9.69 Å². The van der Waals surface area contributed by atoms with Crippen LogP contribution in [0.3, 0.4) is 0 Å². The molecule has 0 saturated carbocycles. The molecule has 1 aliphatic heterocycles. The Labute approximate surface area is 150 Å². The van der Waals surface area contributed by atoms with Crippen LogP contribution >= 0.6 is 12.4 Å². The van der Waals surface area contributed by atoms with Gasteiger partial charge in [0.2, 0.25) is 0 Å². The van der Waals surface area contributed by atoms with E-state index < -0.39 is 0 Å². The largest absolute Gasteiger partial charge is 0.466 e. The highest BCUT2D eigenvalue weighted by atomic mass is 35.5. The maximum absolute atomic E-state index is 11.8. The fraction of sp³-hybridized carbons (Fsp3) is 0.556. The van der Waals surface area contributed by atoms with Crippen LogP contribution in [-0.4, -0.2) is 49.9 Å². The van der Waals surface area contributed by atoms with E-state index in [0.29, 0.717) is 13.2 Å². The minimum Gasteiger partial charge on any atom is -0.466 e. The SMILES string of the molecule is CCOC(=O)C1CCCN(CCON=Cc2ccccc2C)C1.Cl. The van der Waals surface area contributed by atoms with Gasteiger partial charge < -0.3 is 9.57 Å². The van der Waals surface area contributed by atoms with Crippen molar-refractivity contribution in [2.24, 2.45) is 11.1 Å². The number of hydrogen-bond donors (Lipinski definition) is 0. The lowest BCUT2D eigenvalue weighted by Gasteiger charge is -2.30. The summed E-state index contributed by atoms with van der Waals surface area (Å²) in [5.74, 6) is -0.0742. The van der Waals surface area contributed by atoms with Crippen molar-refractivity contribution in [3.05, 3.63) is 35.4 Å². The Bertz CT molecular complexity index is 537. The van der Waals surface area contributed by atoms with E-state index in [9.17, 15) is 4.79 Å². The molecule has 0 radical (unpaired) electrons. The smallest absolute Gasteiger partial charge is 0.310 e. The van der Waals surface area contributed by atoms with Crippen molar-refractivity contribution in [1.29, 1.82) is 0 Å². The first-order valence-corrected chi connectivity index (χ1v) is 8.30. The van der Waals surface area contributed by atoms with Gasteiger partial charge in [0, 0.05) is 13.1 Å². The number of benzene rings is 1. The van der Waals surface area contributed by atoms with Gasteiger partial charge in [-0.25, -0.2) is 0 Å². The Kier molecular flexibility index (Phi) is 9.42. The zero-order chi connectivity index (χ0) is 16.5. The number of halogens is 1. The molecule has 5 nitrogen and oxygen atoms in total. The van der Waals surface area contributed by atoms with Crippen LogP contribution in [0.4, 0.5) is 0 Å². The average molecular weight is 355 g/mol. The molecular weight excluding hydrogens is 328 g/mol. The molecule has 1 heterocycles. The summed E-state index contributed by atoms with van der Waals surface area (Å²) in [5, 5.41) is 4.03. The monoisotopic (exact) mass is 354 g/mol. The predicted octanol–water partition coefficient (Wildman–Crippen LogP) is 3.04. The van der Waals surface area contributed by atoms with Crippen LogP contribution in [0.5, 0.6) is 0 Å². The second kappa shape index (κ2) is 11.0. The fourth-order valence-corrected chi connectivity index (χ4v) is 2.76. The number of piperidine rings is 1. The van der Waals surface area contributed by atoms with Gasteiger partial charge >= 0.3 is 5.97 Å². The highest BCUT2D eigenvalue weighted by Gasteiger charge is 2.26. The lowest BCUT2D eigenvalue weighted by molar-refractivity contribution is -0.150. The second-order valence-corrected chi connectivity index (χ2v) is 5.82. The Morgan fingerprint density at radius 3 is 2.96 bits per heavy atom. The predicted molar refractivity (Wildman–Crippen MR) is 97.8 cm³/mol. The number of hydrogen-bond acceptors (Lipinski definition) is 5. The molecule has 1 atom stereocenters. The quantitative estimate of drug-likeness (QED) is 0.327. The minimum absolute atomic E-state index is 0. The number of carbonyl (C=O) groups excluding carboxylic acids is 1. The van der Waals surface area contributed by atoms with E-state index in [1.807, 2.05) is 38.1 Å². The molecule has 2 rings (SSSR count). The van der Waals surface area contributed by atoms with Crippen molar-refractivity contribution in [3.63, 3.8) is 0 Å². The molecular formula is C18H27ClN2O3. The Morgan fingerprint density at radius 1 is 1.42 bits per heavy atom. The number of rotatable bonds is 7. The Morgan fingerprint density at radius 2 is 2.21 bits per heavy atom. The molecule has 1 aromatic carbocycles. The molecule has 0 N–H and O–H groups in total. The normalized spacial score (nSPS) is 18.2. The highest BCUT2D eigenvalue weighted by Crippen LogP contribution is 2.17. The lowest BCUT2D eigenvalue weighted by atomic mass is 9.98. The summed E-state index contributed by atoms with van der Waals surface area (Å²) in [5.41, 5.74) is 2.24. The summed E-state index contributed by atoms with van der Waals surface area (Å²) in [4.78, 5) is 19.4. The third-order valence-electron chi connectivity index (χ3n) is 4.08. The van der Waals surface area contributed by atoms with Gasteiger partial charge in [-0.15, -0.1) is 12.4 Å². The third kappa shape index (κ3) is 6.49. The molecule has 0 amide bonds. The third-order valence-corrected chi connectivity index (χ3v) is 4.08. The summed E-state index contributed by atoms with van der Waals surface area (Å²) in [7, 11) is 0. The topological polar surface area (TPSA) is 51.1 Å². The van der Waals surface area contributed by atoms with Crippen molar-refractivity contribution in [3.8, 4) is 0 Å². The summed E-state index contributed by atoms with van der Waals surface area (Å²) in [6, 6.07) is 8.04. The first-order chi connectivity index (χ1) is 11.2. The molecule has 134 valence electrons. The Hall–Kier alpha value is -1.59. The summed E-state index contributed by atoms with van der Waals surface area (Å²) >= 11 is 0. The van der Waals surface area contributed by atoms with Gasteiger partial charge in [-0.05, 0) is 44.4 Å². The van der Waals surface area contributed by atoms with Crippen LogP contribution in [0, 0.1) is 12.8 Å². The molecule has 1 aliphatic rings. The molecule has 1 saturated heterocycles. The standard InChI is InChI=1S/C18H26N2O3.ClH/c1-3-22-18(21)17-9-6-10-20(14-17)11-12-23-19-13-16-8-5-4-7-15(16)2;/h4-5,7-8,13,17H,3,6,9-12,14H2,1-2H3;1H. The summed E-state index contributed by atoms with van der Waals surface area (Å²) in [6.45, 7) is 7.40. The van der Waals surface area contributed by atoms with Gasteiger partial charge in [-0.2, -0.15) is 0 Å². The highest BCUT2D eigenvalue weighted by molar-refractivity contribution is 5.85. The fourth-order valence-electron chi connectivity index (χ4n) is 2.76. The van der Waals surface area contributed by atoms with Crippen LogP contribution in [0.15, 0.2) is 29.4 Å². The van der Waals surface area contributed by atoms with E-state index in [-0.39, 0.29) is 24.3 Å². The molecule has 1 fully saturated rings. The van der Waals surface area contributed by atoms with Gasteiger partial charge in [0.05, 0.1) is 18.7 Å². The summed E-state index contributed by atoms with van der Waals surface area (Å²) in [6.07, 6.45) is 3.69. The van der Waals surface area contributed by atoms with Crippen LogP contribution in [-0.2, 0) is 14.4 Å². The minimum atomic E-state index is -0.0734. The molecule has 6 heteroatoms. The molecule has 0 spiro atoms. The zero-order valence-corrected chi connectivity index (χ0v) is 15.3. The summed E-state index contributed by atoms with van der Waals surface area (Å²) < 4.78 is 5.11. The van der Waals surface area contributed by atoms with E-state index in [1.165, 1.54) is 5.56 Å².